The number of benzene rings is 1. The Labute approximate surface area is 286 Å². The predicted molar refractivity (Wildman–Crippen MR) is 179 cm³/mol. The minimum absolute atomic E-state index is 0.179. The summed E-state index contributed by atoms with van der Waals surface area (Å²) < 4.78 is 7.19. The molecule has 0 radical (unpaired) electrons. The third kappa shape index (κ3) is 7.06. The van der Waals surface area contributed by atoms with Gasteiger partial charge in [-0.2, -0.15) is 5.10 Å². The van der Waals surface area contributed by atoms with Crippen LogP contribution in [0.1, 0.15) is 75.5 Å². The van der Waals surface area contributed by atoms with E-state index in [9.17, 15) is 29.1 Å². The average molecular weight is 675 g/mol. The van der Waals surface area contributed by atoms with Gasteiger partial charge in [-0.25, -0.2) is 14.3 Å². The molecule has 6 rings (SSSR count). The lowest BCUT2D eigenvalue weighted by Crippen LogP contribution is -2.58. The van der Waals surface area contributed by atoms with E-state index in [-0.39, 0.29) is 42.9 Å². The molecule has 2 aromatic rings. The Morgan fingerprint density at radius 2 is 1.82 bits per heavy atom. The minimum atomic E-state index is -1.45. The van der Waals surface area contributed by atoms with Crippen LogP contribution in [0.2, 0.25) is 0 Å². The van der Waals surface area contributed by atoms with Crippen molar-refractivity contribution in [1.82, 2.24) is 30.2 Å². The van der Waals surface area contributed by atoms with Crippen molar-refractivity contribution in [2.24, 2.45) is 17.8 Å². The van der Waals surface area contributed by atoms with E-state index >= 15 is 0 Å². The van der Waals surface area contributed by atoms with Crippen molar-refractivity contribution in [3.05, 3.63) is 59.9 Å². The maximum atomic E-state index is 14.3. The van der Waals surface area contributed by atoms with Crippen LogP contribution in [-0.4, -0.2) is 97.3 Å². The van der Waals surface area contributed by atoms with Crippen molar-refractivity contribution in [3.63, 3.8) is 0 Å². The van der Waals surface area contributed by atoms with Crippen LogP contribution in [0.4, 0.5) is 4.79 Å². The summed E-state index contributed by atoms with van der Waals surface area (Å²) in [5, 5.41) is 20.4. The SMILES string of the molecule is Cc1cc(C(=O)N2C[C@H]3CN4C(=O)[C@H](NC(=O)OC(C)(C)C)CCCCC/C=C\[C@H]5C[C@@]5(C(=O)O)NC(=O)[C@@H]4[C@H]3C2)nn1-c1ccccc1. The maximum Gasteiger partial charge on any atom is 0.408 e. The summed E-state index contributed by atoms with van der Waals surface area (Å²) in [4.78, 5) is 70.9. The minimum Gasteiger partial charge on any atom is -0.479 e. The van der Waals surface area contributed by atoms with Crippen LogP contribution in [0.5, 0.6) is 0 Å². The zero-order valence-electron chi connectivity index (χ0n) is 28.6. The zero-order valence-corrected chi connectivity index (χ0v) is 28.6. The van der Waals surface area contributed by atoms with Gasteiger partial charge < -0.3 is 30.3 Å². The number of para-hydroxylation sites is 1. The number of carbonyl (C=O) groups excluding carboxylic acids is 4. The number of rotatable bonds is 4. The molecule has 13 heteroatoms. The molecule has 6 atom stereocenters. The second-order valence-electron chi connectivity index (χ2n) is 14.8. The molecule has 13 nitrogen and oxygen atoms in total. The van der Waals surface area contributed by atoms with E-state index in [2.05, 4.69) is 15.7 Å². The molecule has 2 saturated heterocycles. The molecule has 0 spiro atoms. The number of likely N-dealkylation sites (tertiary alicyclic amines) is 1. The van der Waals surface area contributed by atoms with E-state index in [0.717, 1.165) is 30.6 Å². The van der Waals surface area contributed by atoms with Crippen molar-refractivity contribution >= 4 is 29.8 Å². The number of nitrogens with zero attached hydrogens (tertiary/aromatic N) is 4. The van der Waals surface area contributed by atoms with E-state index in [0.29, 0.717) is 19.4 Å². The molecule has 1 aromatic carbocycles. The molecule has 1 aromatic heterocycles. The van der Waals surface area contributed by atoms with Gasteiger partial charge in [0.05, 0.1) is 5.69 Å². The van der Waals surface area contributed by atoms with Crippen LogP contribution in [0.3, 0.4) is 0 Å². The lowest BCUT2D eigenvalue weighted by atomic mass is 9.93. The van der Waals surface area contributed by atoms with E-state index < -0.39 is 53.0 Å². The molecule has 0 unspecified atom stereocenters. The van der Waals surface area contributed by atoms with E-state index in [1.807, 2.05) is 49.4 Å². The van der Waals surface area contributed by atoms with Crippen molar-refractivity contribution in [1.29, 1.82) is 0 Å². The molecule has 262 valence electrons. The van der Waals surface area contributed by atoms with Gasteiger partial charge in [0.25, 0.3) is 5.91 Å². The van der Waals surface area contributed by atoms with Crippen LogP contribution in [0.25, 0.3) is 5.69 Å². The van der Waals surface area contributed by atoms with Crippen LogP contribution in [-0.2, 0) is 19.1 Å². The molecule has 0 bridgehead atoms. The fraction of sp³-hybridized carbons (Fsp3) is 0.556. The van der Waals surface area contributed by atoms with Gasteiger partial charge in [-0.05, 0) is 71.6 Å². The highest BCUT2D eigenvalue weighted by atomic mass is 16.6. The largest absolute Gasteiger partial charge is 0.479 e. The van der Waals surface area contributed by atoms with Crippen LogP contribution < -0.4 is 10.6 Å². The van der Waals surface area contributed by atoms with Gasteiger partial charge in [0.2, 0.25) is 11.8 Å². The number of fused-ring (bicyclic) bond motifs is 4. The summed E-state index contributed by atoms with van der Waals surface area (Å²) >= 11 is 0. The highest BCUT2D eigenvalue weighted by molar-refractivity contribution is 5.97. The standard InChI is InChI=1S/C36H46N6O7/c1-22-17-28(39-42(22)25-14-10-8-11-15-25)31(44)40-19-23-20-41-29(26(23)21-40)30(43)38-36(33(46)47)18-24(36)13-9-6-5-7-12-16-27(32(41)45)37-34(48)49-35(2,3)4/h8-11,13-15,17,23-24,26-27,29H,5-7,12,16,18-21H2,1-4H3,(H,37,48)(H,38,43)(H,46,47)/b13-9-/t23-,24-,26-,27+,29-,36+/m0/s1. The van der Waals surface area contributed by atoms with Crippen LogP contribution in [0, 0.1) is 24.7 Å². The van der Waals surface area contributed by atoms with Crippen molar-refractivity contribution < 1.29 is 33.8 Å². The molecule has 3 N–H and O–H groups in total. The predicted octanol–water partition coefficient (Wildman–Crippen LogP) is 3.45. The number of carboxylic acid groups (broad SMARTS) is 1. The average Bonchev–Trinajstić information content (AvgIpc) is 3.30. The smallest absolute Gasteiger partial charge is 0.408 e. The molecule has 4 heterocycles. The van der Waals surface area contributed by atoms with E-state index in [1.165, 1.54) is 4.90 Å². The highest BCUT2D eigenvalue weighted by Crippen LogP contribution is 2.46. The Kier molecular flexibility index (Phi) is 9.29. The number of hydrogen-bond donors (Lipinski definition) is 3. The molecular formula is C36H46N6O7. The van der Waals surface area contributed by atoms with Gasteiger partial charge in [0, 0.05) is 43.1 Å². The second kappa shape index (κ2) is 13.3. The number of ether oxygens (including phenoxy) is 1. The van der Waals surface area contributed by atoms with Crippen molar-refractivity contribution in [3.8, 4) is 5.69 Å². The number of aryl methyl sites for hydroxylation is 1. The molecule has 4 amide bonds. The first kappa shape index (κ1) is 34.2. The number of allylic oxidation sites excluding steroid dienone is 1. The van der Waals surface area contributed by atoms with E-state index in [1.54, 1.807) is 36.4 Å². The van der Waals surface area contributed by atoms with Gasteiger partial charge in [-0.3, -0.25) is 14.4 Å². The number of carbonyl (C=O) groups is 5. The first-order chi connectivity index (χ1) is 23.3. The first-order valence-corrected chi connectivity index (χ1v) is 17.2. The molecule has 3 aliphatic heterocycles. The number of nitrogens with one attached hydrogen (secondary N) is 2. The Morgan fingerprint density at radius 3 is 2.53 bits per heavy atom. The fourth-order valence-electron chi connectivity index (χ4n) is 7.56. The van der Waals surface area contributed by atoms with Gasteiger partial charge in [-0.15, -0.1) is 0 Å². The molecule has 3 fully saturated rings. The number of amides is 4. The lowest BCUT2D eigenvalue weighted by Gasteiger charge is -2.32. The number of aromatic nitrogens is 2. The summed E-state index contributed by atoms with van der Waals surface area (Å²) in [6.07, 6.45) is 6.78. The molecule has 4 aliphatic rings. The Bertz CT molecular complexity index is 1650. The Hall–Kier alpha value is -4.68. The number of hydrogen-bond acceptors (Lipinski definition) is 7. The van der Waals surface area contributed by atoms with E-state index in [4.69, 9.17) is 4.74 Å². The number of aliphatic carboxylic acids is 1. The lowest BCUT2D eigenvalue weighted by molar-refractivity contribution is -0.146. The Balaban J connectivity index is 1.27. The summed E-state index contributed by atoms with van der Waals surface area (Å²) in [5.41, 5.74) is -0.329. The summed E-state index contributed by atoms with van der Waals surface area (Å²) in [5.74, 6) is -3.42. The topological polar surface area (TPSA) is 163 Å². The Morgan fingerprint density at radius 1 is 1.06 bits per heavy atom. The van der Waals surface area contributed by atoms with Crippen molar-refractivity contribution in [2.75, 3.05) is 19.6 Å². The summed E-state index contributed by atoms with van der Waals surface area (Å²) in [6, 6.07) is 9.28. The van der Waals surface area contributed by atoms with Gasteiger partial charge in [0.1, 0.15) is 23.2 Å². The number of carboxylic acids is 1. The fourth-order valence-corrected chi connectivity index (χ4v) is 7.56. The highest BCUT2D eigenvalue weighted by Gasteiger charge is 2.62. The third-order valence-corrected chi connectivity index (χ3v) is 10.1. The summed E-state index contributed by atoms with van der Waals surface area (Å²) in [6.45, 7) is 7.77. The molecule has 1 saturated carbocycles. The monoisotopic (exact) mass is 674 g/mol. The van der Waals surface area contributed by atoms with Crippen LogP contribution in [0.15, 0.2) is 48.6 Å². The normalized spacial score (nSPS) is 29.4. The second-order valence-corrected chi connectivity index (χ2v) is 14.8. The quantitative estimate of drug-likeness (QED) is 0.416. The van der Waals surface area contributed by atoms with Gasteiger partial charge >= 0.3 is 12.1 Å². The van der Waals surface area contributed by atoms with Crippen molar-refractivity contribution in [2.45, 2.75) is 89.4 Å². The zero-order chi connectivity index (χ0) is 35.1. The maximum absolute atomic E-state index is 14.3. The third-order valence-electron chi connectivity index (χ3n) is 10.1. The number of alkyl carbamates (subject to hydrolysis) is 1. The molecule has 1 aliphatic carbocycles. The summed E-state index contributed by atoms with van der Waals surface area (Å²) in [7, 11) is 0. The van der Waals surface area contributed by atoms with Gasteiger partial charge in [0.15, 0.2) is 5.69 Å². The molecule has 49 heavy (non-hydrogen) atoms. The first-order valence-electron chi connectivity index (χ1n) is 17.2. The van der Waals surface area contributed by atoms with Gasteiger partial charge in [-0.1, -0.05) is 43.2 Å². The molecular weight excluding hydrogens is 628 g/mol. The van der Waals surface area contributed by atoms with Crippen LogP contribution >= 0.6 is 0 Å².